The maximum Gasteiger partial charge on any atom is 0.330 e. The number of aliphatic carboxylic acids is 1. The maximum absolute atomic E-state index is 13.0. The van der Waals surface area contributed by atoms with Crippen molar-refractivity contribution in [3.8, 4) is 0 Å². The number of halogens is 1. The zero-order chi connectivity index (χ0) is 13.9. The summed E-state index contributed by atoms with van der Waals surface area (Å²) >= 11 is 1.50. The SMILES string of the molecule is O=C(Cc1cccc(F)c1)NC1(C(=O)O)CCSC1. The first-order chi connectivity index (χ1) is 9.02. The normalized spacial score (nSPS) is 22.2. The molecule has 1 aliphatic rings. The smallest absolute Gasteiger partial charge is 0.330 e. The summed E-state index contributed by atoms with van der Waals surface area (Å²) in [4.78, 5) is 23.2. The zero-order valence-electron chi connectivity index (χ0n) is 10.2. The first kappa shape index (κ1) is 13.9. The average molecular weight is 283 g/mol. The number of benzene rings is 1. The lowest BCUT2D eigenvalue weighted by Gasteiger charge is -2.24. The predicted molar refractivity (Wildman–Crippen MR) is 70.6 cm³/mol. The molecule has 102 valence electrons. The molecule has 1 aromatic carbocycles. The fourth-order valence-electron chi connectivity index (χ4n) is 2.03. The Labute approximate surface area is 114 Å². The van der Waals surface area contributed by atoms with Gasteiger partial charge in [0.05, 0.1) is 6.42 Å². The number of carbonyl (C=O) groups is 2. The average Bonchev–Trinajstić information content (AvgIpc) is 2.78. The highest BCUT2D eigenvalue weighted by atomic mass is 32.2. The van der Waals surface area contributed by atoms with Crippen LogP contribution in [0.3, 0.4) is 0 Å². The molecule has 1 atom stereocenters. The number of thioether (sulfide) groups is 1. The summed E-state index contributed by atoms with van der Waals surface area (Å²) in [7, 11) is 0. The first-order valence-corrected chi connectivity index (χ1v) is 7.04. The Bertz CT molecular complexity index is 500. The number of carbonyl (C=O) groups excluding carboxylic acids is 1. The van der Waals surface area contributed by atoms with Gasteiger partial charge in [-0.05, 0) is 29.9 Å². The van der Waals surface area contributed by atoms with Crippen molar-refractivity contribution in [3.63, 3.8) is 0 Å². The van der Waals surface area contributed by atoms with E-state index in [1.807, 2.05) is 0 Å². The quantitative estimate of drug-likeness (QED) is 0.877. The van der Waals surface area contributed by atoms with E-state index in [2.05, 4.69) is 5.32 Å². The molecule has 1 aromatic rings. The molecule has 6 heteroatoms. The van der Waals surface area contributed by atoms with E-state index in [4.69, 9.17) is 0 Å². The van der Waals surface area contributed by atoms with Gasteiger partial charge < -0.3 is 10.4 Å². The molecule has 0 aromatic heterocycles. The van der Waals surface area contributed by atoms with Gasteiger partial charge in [-0.15, -0.1) is 0 Å². The lowest BCUT2D eigenvalue weighted by atomic mass is 9.98. The summed E-state index contributed by atoms with van der Waals surface area (Å²) in [5.74, 6) is -0.723. The molecule has 1 saturated heterocycles. The molecule has 1 unspecified atom stereocenters. The van der Waals surface area contributed by atoms with E-state index in [9.17, 15) is 19.1 Å². The van der Waals surface area contributed by atoms with Crippen LogP contribution in [0.4, 0.5) is 4.39 Å². The third kappa shape index (κ3) is 3.26. The van der Waals surface area contributed by atoms with Crippen LogP contribution in [-0.2, 0) is 16.0 Å². The van der Waals surface area contributed by atoms with Crippen LogP contribution in [0, 0.1) is 5.82 Å². The van der Waals surface area contributed by atoms with Gasteiger partial charge in [-0.1, -0.05) is 12.1 Å². The topological polar surface area (TPSA) is 66.4 Å². The van der Waals surface area contributed by atoms with E-state index >= 15 is 0 Å². The standard InChI is InChI=1S/C13H14FNO3S/c14-10-3-1-2-9(6-10)7-11(16)15-13(12(17)18)4-5-19-8-13/h1-3,6H,4-5,7-8H2,(H,15,16)(H,17,18). The Morgan fingerprint density at radius 3 is 2.84 bits per heavy atom. The lowest BCUT2D eigenvalue weighted by Crippen LogP contribution is -2.55. The van der Waals surface area contributed by atoms with E-state index in [0.717, 1.165) is 0 Å². The monoisotopic (exact) mass is 283 g/mol. The highest BCUT2D eigenvalue weighted by Crippen LogP contribution is 2.28. The molecule has 1 aliphatic heterocycles. The lowest BCUT2D eigenvalue weighted by molar-refractivity contribution is -0.146. The van der Waals surface area contributed by atoms with Gasteiger partial charge in [0.2, 0.25) is 5.91 Å². The van der Waals surface area contributed by atoms with E-state index in [1.54, 1.807) is 6.07 Å². The van der Waals surface area contributed by atoms with Crippen molar-refractivity contribution < 1.29 is 19.1 Å². The van der Waals surface area contributed by atoms with Crippen LogP contribution in [0.2, 0.25) is 0 Å². The fraction of sp³-hybridized carbons (Fsp3) is 0.385. The Balaban J connectivity index is 2.02. The minimum absolute atomic E-state index is 0.0164. The van der Waals surface area contributed by atoms with Gasteiger partial charge in [0.25, 0.3) is 0 Å². The third-order valence-corrected chi connectivity index (χ3v) is 4.25. The van der Waals surface area contributed by atoms with Gasteiger partial charge in [0.1, 0.15) is 11.4 Å². The van der Waals surface area contributed by atoms with Crippen molar-refractivity contribution in [2.24, 2.45) is 0 Å². The minimum Gasteiger partial charge on any atom is -0.479 e. The summed E-state index contributed by atoms with van der Waals surface area (Å²) in [6, 6.07) is 5.74. The van der Waals surface area contributed by atoms with Crippen molar-refractivity contribution in [2.45, 2.75) is 18.4 Å². The Morgan fingerprint density at radius 1 is 1.47 bits per heavy atom. The van der Waals surface area contributed by atoms with Crippen LogP contribution >= 0.6 is 11.8 Å². The second kappa shape index (κ2) is 5.61. The molecular weight excluding hydrogens is 269 g/mol. The second-order valence-electron chi connectivity index (χ2n) is 4.54. The van der Waals surface area contributed by atoms with Gasteiger partial charge >= 0.3 is 5.97 Å². The van der Waals surface area contributed by atoms with Crippen LogP contribution in [0.25, 0.3) is 0 Å². The molecule has 2 N–H and O–H groups in total. The number of hydrogen-bond donors (Lipinski definition) is 2. The molecular formula is C13H14FNO3S. The molecule has 1 heterocycles. The van der Waals surface area contributed by atoms with Crippen molar-refractivity contribution >= 4 is 23.6 Å². The number of carboxylic acid groups (broad SMARTS) is 1. The number of carboxylic acids is 1. The molecule has 19 heavy (non-hydrogen) atoms. The van der Waals surface area contributed by atoms with Crippen LogP contribution in [0.5, 0.6) is 0 Å². The number of rotatable bonds is 4. The molecule has 0 spiro atoms. The fourth-order valence-corrected chi connectivity index (χ4v) is 3.35. The Hall–Kier alpha value is -1.56. The number of amides is 1. The Morgan fingerprint density at radius 2 is 2.26 bits per heavy atom. The van der Waals surface area contributed by atoms with Crippen LogP contribution in [0.15, 0.2) is 24.3 Å². The summed E-state index contributed by atoms with van der Waals surface area (Å²) in [5.41, 5.74) is -0.640. The molecule has 2 rings (SSSR count). The third-order valence-electron chi connectivity index (χ3n) is 3.06. The van der Waals surface area contributed by atoms with Crippen LogP contribution in [-0.4, -0.2) is 34.0 Å². The molecule has 0 aliphatic carbocycles. The Kier molecular flexibility index (Phi) is 4.09. The van der Waals surface area contributed by atoms with Crippen molar-refractivity contribution in [1.82, 2.24) is 5.32 Å². The van der Waals surface area contributed by atoms with E-state index < -0.39 is 23.2 Å². The van der Waals surface area contributed by atoms with Crippen molar-refractivity contribution in [2.75, 3.05) is 11.5 Å². The molecule has 0 saturated carbocycles. The van der Waals surface area contributed by atoms with E-state index in [1.165, 1.54) is 30.0 Å². The van der Waals surface area contributed by atoms with Gasteiger partial charge in [0.15, 0.2) is 0 Å². The number of nitrogens with one attached hydrogen (secondary N) is 1. The van der Waals surface area contributed by atoms with E-state index in [-0.39, 0.29) is 6.42 Å². The molecule has 1 amide bonds. The summed E-state index contributed by atoms with van der Waals surface area (Å²) in [5, 5.41) is 11.8. The second-order valence-corrected chi connectivity index (χ2v) is 5.65. The molecule has 4 nitrogen and oxygen atoms in total. The largest absolute Gasteiger partial charge is 0.479 e. The van der Waals surface area contributed by atoms with E-state index in [0.29, 0.717) is 23.5 Å². The molecule has 1 fully saturated rings. The van der Waals surface area contributed by atoms with Crippen molar-refractivity contribution in [1.29, 1.82) is 0 Å². The zero-order valence-corrected chi connectivity index (χ0v) is 11.0. The molecule has 0 radical (unpaired) electrons. The summed E-state index contributed by atoms with van der Waals surface area (Å²) < 4.78 is 13.0. The van der Waals surface area contributed by atoms with Crippen molar-refractivity contribution in [3.05, 3.63) is 35.6 Å². The predicted octanol–water partition coefficient (Wildman–Crippen LogP) is 1.44. The van der Waals surface area contributed by atoms with Crippen LogP contribution in [0.1, 0.15) is 12.0 Å². The highest BCUT2D eigenvalue weighted by molar-refractivity contribution is 7.99. The number of hydrogen-bond acceptors (Lipinski definition) is 3. The maximum atomic E-state index is 13.0. The van der Waals surface area contributed by atoms with Gasteiger partial charge in [-0.25, -0.2) is 9.18 Å². The van der Waals surface area contributed by atoms with Crippen LogP contribution < -0.4 is 5.32 Å². The summed E-state index contributed by atoms with van der Waals surface area (Å²) in [6.07, 6.45) is 0.402. The van der Waals surface area contributed by atoms with Gasteiger partial charge in [0, 0.05) is 5.75 Å². The first-order valence-electron chi connectivity index (χ1n) is 5.88. The highest BCUT2D eigenvalue weighted by Gasteiger charge is 2.43. The van der Waals surface area contributed by atoms with Gasteiger partial charge in [-0.3, -0.25) is 4.79 Å². The van der Waals surface area contributed by atoms with Gasteiger partial charge in [-0.2, -0.15) is 11.8 Å². The molecule has 0 bridgehead atoms. The summed E-state index contributed by atoms with van der Waals surface area (Å²) in [6.45, 7) is 0. The minimum atomic E-state index is -1.17.